The summed E-state index contributed by atoms with van der Waals surface area (Å²) in [6.45, 7) is 0. The average molecular weight is 322 g/mol. The summed E-state index contributed by atoms with van der Waals surface area (Å²) in [4.78, 5) is 16.0. The van der Waals surface area contributed by atoms with Gasteiger partial charge in [-0.2, -0.15) is 0 Å². The molecule has 5 heteroatoms. The number of halogens is 1. The molecule has 0 aliphatic heterocycles. The molecule has 0 spiro atoms. The van der Waals surface area contributed by atoms with Gasteiger partial charge in [0.15, 0.2) is 0 Å². The lowest BCUT2D eigenvalue weighted by atomic mass is 10.1. The average Bonchev–Trinajstić information content (AvgIpc) is 2.60. The Labute approximate surface area is 138 Å². The normalized spacial score (nSPS) is 10.2. The molecule has 0 atom stereocenters. The zero-order chi connectivity index (χ0) is 16.8. The van der Waals surface area contributed by atoms with Crippen LogP contribution in [0.25, 0.3) is 0 Å². The molecule has 0 aliphatic rings. The quantitative estimate of drug-likeness (QED) is 0.766. The van der Waals surface area contributed by atoms with Crippen LogP contribution in [0.4, 0.5) is 10.1 Å². The lowest BCUT2D eigenvalue weighted by Crippen LogP contribution is -2.14. The van der Waals surface area contributed by atoms with E-state index in [9.17, 15) is 9.18 Å². The molecule has 3 rings (SSSR count). The van der Waals surface area contributed by atoms with E-state index in [2.05, 4.69) is 10.3 Å². The zero-order valence-electron chi connectivity index (χ0n) is 12.8. The first-order chi connectivity index (χ1) is 11.7. The molecule has 2 aromatic carbocycles. The first kappa shape index (κ1) is 15.7. The molecule has 120 valence electrons. The second-order valence-corrected chi connectivity index (χ2v) is 5.17. The van der Waals surface area contributed by atoms with Gasteiger partial charge in [-0.25, -0.2) is 4.39 Å². The van der Waals surface area contributed by atoms with Crippen molar-refractivity contribution in [2.75, 3.05) is 5.32 Å². The number of amides is 1. The third-order valence-electron chi connectivity index (χ3n) is 3.29. The van der Waals surface area contributed by atoms with E-state index in [1.807, 2.05) is 6.07 Å². The van der Waals surface area contributed by atoms with Crippen LogP contribution in [0.3, 0.4) is 0 Å². The standard InChI is InChI=1S/C19H15FN2O2/c20-15-5-3-14(4-6-15)12-19(23)22-16-7-9-17(10-8-16)24-18-2-1-11-21-13-18/h1-11,13H,12H2,(H,22,23). The van der Waals surface area contributed by atoms with Gasteiger partial charge in [0.05, 0.1) is 12.6 Å². The van der Waals surface area contributed by atoms with Crippen LogP contribution in [0.15, 0.2) is 73.1 Å². The second-order valence-electron chi connectivity index (χ2n) is 5.17. The van der Waals surface area contributed by atoms with Crippen molar-refractivity contribution in [1.82, 2.24) is 4.98 Å². The van der Waals surface area contributed by atoms with Gasteiger partial charge in [0, 0.05) is 11.9 Å². The van der Waals surface area contributed by atoms with E-state index in [-0.39, 0.29) is 18.1 Å². The topological polar surface area (TPSA) is 51.2 Å². The maximum absolute atomic E-state index is 12.8. The number of aromatic nitrogens is 1. The van der Waals surface area contributed by atoms with Gasteiger partial charge >= 0.3 is 0 Å². The van der Waals surface area contributed by atoms with Crippen LogP contribution in [-0.2, 0) is 11.2 Å². The zero-order valence-corrected chi connectivity index (χ0v) is 12.8. The number of anilines is 1. The van der Waals surface area contributed by atoms with Crippen molar-refractivity contribution >= 4 is 11.6 Å². The molecule has 4 nitrogen and oxygen atoms in total. The molecule has 0 saturated heterocycles. The Morgan fingerprint density at radius 3 is 2.42 bits per heavy atom. The Morgan fingerprint density at radius 1 is 1.00 bits per heavy atom. The first-order valence-electron chi connectivity index (χ1n) is 7.41. The van der Waals surface area contributed by atoms with Crippen molar-refractivity contribution in [3.63, 3.8) is 0 Å². The van der Waals surface area contributed by atoms with Crippen LogP contribution in [0.1, 0.15) is 5.56 Å². The minimum absolute atomic E-state index is 0.164. The van der Waals surface area contributed by atoms with Gasteiger partial charge < -0.3 is 10.1 Å². The van der Waals surface area contributed by atoms with E-state index in [4.69, 9.17) is 4.74 Å². The van der Waals surface area contributed by atoms with Gasteiger partial charge in [-0.3, -0.25) is 9.78 Å². The van der Waals surface area contributed by atoms with Gasteiger partial charge in [-0.05, 0) is 54.1 Å². The van der Waals surface area contributed by atoms with E-state index in [1.54, 1.807) is 54.9 Å². The molecule has 0 unspecified atom stereocenters. The predicted octanol–water partition coefficient (Wildman–Crippen LogP) is 4.19. The highest BCUT2D eigenvalue weighted by atomic mass is 19.1. The SMILES string of the molecule is O=C(Cc1ccc(F)cc1)Nc1ccc(Oc2cccnc2)cc1. The van der Waals surface area contributed by atoms with E-state index < -0.39 is 0 Å². The Balaban J connectivity index is 1.57. The molecule has 24 heavy (non-hydrogen) atoms. The Kier molecular flexibility index (Phi) is 4.81. The van der Waals surface area contributed by atoms with Crippen molar-refractivity contribution < 1.29 is 13.9 Å². The number of carbonyl (C=O) groups excluding carboxylic acids is 1. The third kappa shape index (κ3) is 4.39. The Morgan fingerprint density at radius 2 is 1.75 bits per heavy atom. The number of nitrogens with one attached hydrogen (secondary N) is 1. The van der Waals surface area contributed by atoms with E-state index in [0.29, 0.717) is 17.2 Å². The van der Waals surface area contributed by atoms with E-state index in [0.717, 1.165) is 5.56 Å². The van der Waals surface area contributed by atoms with Crippen LogP contribution in [0.2, 0.25) is 0 Å². The number of ether oxygens (including phenoxy) is 1. The summed E-state index contributed by atoms with van der Waals surface area (Å²) in [5.74, 6) is 0.816. The van der Waals surface area contributed by atoms with E-state index in [1.165, 1.54) is 12.1 Å². The van der Waals surface area contributed by atoms with Crippen LogP contribution >= 0.6 is 0 Å². The fourth-order valence-corrected chi connectivity index (χ4v) is 2.14. The molecular formula is C19H15FN2O2. The number of pyridine rings is 1. The molecule has 0 aliphatic carbocycles. The summed E-state index contributed by atoms with van der Waals surface area (Å²) in [5, 5.41) is 2.80. The minimum Gasteiger partial charge on any atom is -0.456 e. The highest BCUT2D eigenvalue weighted by Crippen LogP contribution is 2.22. The van der Waals surface area contributed by atoms with Crippen molar-refractivity contribution in [3.05, 3.63) is 84.4 Å². The number of nitrogens with zero attached hydrogens (tertiary/aromatic N) is 1. The Hall–Kier alpha value is -3.21. The number of benzene rings is 2. The summed E-state index contributed by atoms with van der Waals surface area (Å²) in [6, 6.07) is 16.5. The third-order valence-corrected chi connectivity index (χ3v) is 3.29. The minimum atomic E-state index is -0.316. The molecular weight excluding hydrogens is 307 g/mol. The molecule has 1 heterocycles. The smallest absolute Gasteiger partial charge is 0.228 e. The van der Waals surface area contributed by atoms with Crippen LogP contribution in [0, 0.1) is 5.82 Å². The summed E-state index contributed by atoms with van der Waals surface area (Å²) in [7, 11) is 0. The summed E-state index contributed by atoms with van der Waals surface area (Å²) in [5.41, 5.74) is 1.42. The van der Waals surface area contributed by atoms with E-state index >= 15 is 0 Å². The Bertz CT molecular complexity index is 803. The fraction of sp³-hybridized carbons (Fsp3) is 0.0526. The molecule has 0 saturated carbocycles. The predicted molar refractivity (Wildman–Crippen MR) is 89.5 cm³/mol. The molecule has 3 aromatic rings. The summed E-state index contributed by atoms with van der Waals surface area (Å²) in [6.07, 6.45) is 3.49. The van der Waals surface area contributed by atoms with Gasteiger partial charge in [0.25, 0.3) is 0 Å². The molecule has 0 fully saturated rings. The number of hydrogen-bond donors (Lipinski definition) is 1. The summed E-state index contributed by atoms with van der Waals surface area (Å²) < 4.78 is 18.5. The van der Waals surface area contributed by atoms with Crippen molar-refractivity contribution in [2.24, 2.45) is 0 Å². The lowest BCUT2D eigenvalue weighted by Gasteiger charge is -2.08. The monoisotopic (exact) mass is 322 g/mol. The van der Waals surface area contributed by atoms with Crippen molar-refractivity contribution in [2.45, 2.75) is 6.42 Å². The number of hydrogen-bond acceptors (Lipinski definition) is 3. The number of carbonyl (C=O) groups is 1. The van der Waals surface area contributed by atoms with Gasteiger partial charge in [0.1, 0.15) is 17.3 Å². The molecule has 0 radical (unpaired) electrons. The molecule has 1 aromatic heterocycles. The highest BCUT2D eigenvalue weighted by Gasteiger charge is 2.05. The maximum atomic E-state index is 12.8. The first-order valence-corrected chi connectivity index (χ1v) is 7.41. The van der Waals surface area contributed by atoms with Crippen LogP contribution < -0.4 is 10.1 Å². The van der Waals surface area contributed by atoms with Gasteiger partial charge in [0.2, 0.25) is 5.91 Å². The number of rotatable bonds is 5. The molecule has 0 bridgehead atoms. The lowest BCUT2D eigenvalue weighted by molar-refractivity contribution is -0.115. The summed E-state index contributed by atoms with van der Waals surface area (Å²) >= 11 is 0. The van der Waals surface area contributed by atoms with Gasteiger partial charge in [-0.15, -0.1) is 0 Å². The van der Waals surface area contributed by atoms with Crippen LogP contribution in [0.5, 0.6) is 11.5 Å². The molecule has 1 N–H and O–H groups in total. The van der Waals surface area contributed by atoms with Crippen molar-refractivity contribution in [3.8, 4) is 11.5 Å². The fourth-order valence-electron chi connectivity index (χ4n) is 2.14. The van der Waals surface area contributed by atoms with Gasteiger partial charge in [-0.1, -0.05) is 12.1 Å². The highest BCUT2D eigenvalue weighted by molar-refractivity contribution is 5.92. The largest absolute Gasteiger partial charge is 0.456 e. The molecule has 1 amide bonds. The van der Waals surface area contributed by atoms with Crippen molar-refractivity contribution in [1.29, 1.82) is 0 Å². The second kappa shape index (κ2) is 7.37. The maximum Gasteiger partial charge on any atom is 0.228 e. The van der Waals surface area contributed by atoms with Crippen LogP contribution in [-0.4, -0.2) is 10.9 Å².